The smallest absolute Gasteiger partial charge is 0.416 e. The van der Waals surface area contributed by atoms with Crippen molar-refractivity contribution < 1.29 is 32.6 Å². The van der Waals surface area contributed by atoms with E-state index >= 15 is 0 Å². The predicted octanol–water partition coefficient (Wildman–Crippen LogP) is 3.08. The quantitative estimate of drug-likeness (QED) is 0.848. The van der Waals surface area contributed by atoms with Crippen LogP contribution in [-0.4, -0.2) is 41.1 Å². The number of ether oxygens (including phenoxy) is 1. The van der Waals surface area contributed by atoms with E-state index in [1.807, 2.05) is 0 Å². The van der Waals surface area contributed by atoms with Gasteiger partial charge in [0.2, 0.25) is 5.91 Å². The Balaban J connectivity index is 2.03. The number of carboxylic acid groups (broad SMARTS) is 1. The molecule has 2 rings (SSSR count). The number of aliphatic carboxylic acids is 1. The molecule has 8 heteroatoms. The fraction of sp³-hybridized carbons (Fsp3) is 0.529. The first-order valence-corrected chi connectivity index (χ1v) is 8.03. The Hall–Kier alpha value is -2.09. The van der Waals surface area contributed by atoms with Crippen molar-refractivity contribution in [1.82, 2.24) is 4.90 Å². The van der Waals surface area contributed by atoms with Crippen LogP contribution < -0.4 is 0 Å². The highest BCUT2D eigenvalue weighted by molar-refractivity contribution is 5.81. The molecule has 1 aliphatic heterocycles. The predicted molar refractivity (Wildman–Crippen MR) is 82.7 cm³/mol. The number of carbonyl (C=O) groups excluding carboxylic acids is 1. The van der Waals surface area contributed by atoms with Crippen molar-refractivity contribution in [3.63, 3.8) is 0 Å². The molecule has 0 aliphatic carbocycles. The maximum atomic E-state index is 12.6. The molecule has 1 amide bonds. The van der Waals surface area contributed by atoms with Gasteiger partial charge in [0.25, 0.3) is 0 Å². The molecule has 1 heterocycles. The molecule has 1 saturated heterocycles. The average Bonchev–Trinajstić information content (AvgIpc) is 2.54. The van der Waals surface area contributed by atoms with Crippen LogP contribution in [0.2, 0.25) is 0 Å². The van der Waals surface area contributed by atoms with Gasteiger partial charge in [0.1, 0.15) is 6.54 Å². The zero-order chi connectivity index (χ0) is 18.4. The minimum Gasteiger partial charge on any atom is -0.480 e. The number of hydrogen-bond donors (Lipinski definition) is 1. The van der Waals surface area contributed by atoms with Crippen LogP contribution in [0.15, 0.2) is 24.3 Å². The van der Waals surface area contributed by atoms with Crippen molar-refractivity contribution in [2.45, 2.75) is 44.5 Å². The lowest BCUT2D eigenvalue weighted by atomic mass is 10.1. The van der Waals surface area contributed by atoms with Crippen molar-refractivity contribution in [2.24, 2.45) is 0 Å². The largest absolute Gasteiger partial charge is 0.480 e. The number of alkyl halides is 3. The molecule has 0 spiro atoms. The molecule has 1 atom stereocenters. The summed E-state index contributed by atoms with van der Waals surface area (Å²) in [5, 5.41) is 8.99. The standard InChI is InChI=1S/C17H20F3NO4/c18-17(19,20)13-6-4-12(5-7-13)10-21(11-16(23)24)15(22)9-14-3-1-2-8-25-14/h4-7,14H,1-3,8-11H2,(H,23,24). The van der Waals surface area contributed by atoms with Crippen LogP contribution in [0.3, 0.4) is 0 Å². The number of nitrogens with zero attached hydrogens (tertiary/aromatic N) is 1. The molecule has 1 N–H and O–H groups in total. The van der Waals surface area contributed by atoms with Gasteiger partial charge in [-0.2, -0.15) is 13.2 Å². The zero-order valence-electron chi connectivity index (χ0n) is 13.6. The van der Waals surface area contributed by atoms with Crippen LogP contribution in [0.25, 0.3) is 0 Å². The molecule has 138 valence electrons. The molecule has 5 nitrogen and oxygen atoms in total. The first kappa shape index (κ1) is 19.2. The fourth-order valence-electron chi connectivity index (χ4n) is 2.71. The molecule has 1 aromatic carbocycles. The van der Waals surface area contributed by atoms with Crippen molar-refractivity contribution in [3.8, 4) is 0 Å². The normalized spacial score (nSPS) is 18.0. The Bertz CT molecular complexity index is 595. The van der Waals surface area contributed by atoms with E-state index in [0.717, 1.165) is 36.3 Å². The van der Waals surface area contributed by atoms with Crippen LogP contribution in [0.1, 0.15) is 36.8 Å². The lowest BCUT2D eigenvalue weighted by Crippen LogP contribution is -2.38. The highest BCUT2D eigenvalue weighted by Gasteiger charge is 2.30. The van der Waals surface area contributed by atoms with Gasteiger partial charge >= 0.3 is 12.1 Å². The summed E-state index contributed by atoms with van der Waals surface area (Å²) in [5.41, 5.74) is -0.352. The molecule has 0 radical (unpaired) electrons. The molecule has 0 aromatic heterocycles. The minimum absolute atomic E-state index is 0.0595. The van der Waals surface area contributed by atoms with Gasteiger partial charge in [-0.3, -0.25) is 9.59 Å². The van der Waals surface area contributed by atoms with E-state index in [2.05, 4.69) is 0 Å². The molecule has 0 saturated carbocycles. The summed E-state index contributed by atoms with van der Waals surface area (Å²) in [4.78, 5) is 24.5. The Labute approximate surface area is 143 Å². The van der Waals surface area contributed by atoms with Gasteiger partial charge in [0, 0.05) is 13.2 Å². The van der Waals surface area contributed by atoms with Crippen LogP contribution in [0, 0.1) is 0 Å². The number of benzene rings is 1. The lowest BCUT2D eigenvalue weighted by molar-refractivity contribution is -0.146. The molecule has 1 aliphatic rings. The third-order valence-electron chi connectivity index (χ3n) is 4.01. The maximum absolute atomic E-state index is 12.6. The summed E-state index contributed by atoms with van der Waals surface area (Å²) >= 11 is 0. The minimum atomic E-state index is -4.44. The van der Waals surface area contributed by atoms with Gasteiger partial charge in [-0.15, -0.1) is 0 Å². The molecule has 1 fully saturated rings. The summed E-state index contributed by atoms with van der Waals surface area (Å²) in [5.74, 6) is -1.56. The Morgan fingerprint density at radius 2 is 1.88 bits per heavy atom. The van der Waals surface area contributed by atoms with Gasteiger partial charge in [-0.25, -0.2) is 0 Å². The molecular formula is C17H20F3NO4. The Kier molecular flexibility index (Phi) is 6.41. The van der Waals surface area contributed by atoms with E-state index in [1.165, 1.54) is 12.1 Å². The van der Waals surface area contributed by atoms with E-state index in [0.29, 0.717) is 12.2 Å². The van der Waals surface area contributed by atoms with Gasteiger partial charge in [0.15, 0.2) is 0 Å². The molecular weight excluding hydrogens is 339 g/mol. The number of amides is 1. The third kappa shape index (κ3) is 6.04. The second-order valence-corrected chi connectivity index (χ2v) is 6.03. The van der Waals surface area contributed by atoms with Crippen LogP contribution in [-0.2, 0) is 27.0 Å². The first-order chi connectivity index (χ1) is 11.8. The van der Waals surface area contributed by atoms with Crippen molar-refractivity contribution in [1.29, 1.82) is 0 Å². The van der Waals surface area contributed by atoms with Gasteiger partial charge < -0.3 is 14.7 Å². The summed E-state index contributed by atoms with van der Waals surface area (Å²) < 4.78 is 43.2. The highest BCUT2D eigenvalue weighted by atomic mass is 19.4. The molecule has 1 unspecified atom stereocenters. The van der Waals surface area contributed by atoms with E-state index in [4.69, 9.17) is 9.84 Å². The van der Waals surface area contributed by atoms with Gasteiger partial charge in [0.05, 0.1) is 18.1 Å². The second-order valence-electron chi connectivity index (χ2n) is 6.03. The fourth-order valence-corrected chi connectivity index (χ4v) is 2.71. The van der Waals surface area contributed by atoms with Gasteiger partial charge in [-0.1, -0.05) is 12.1 Å². The highest BCUT2D eigenvalue weighted by Crippen LogP contribution is 2.29. The van der Waals surface area contributed by atoms with E-state index < -0.39 is 24.3 Å². The number of halogens is 3. The number of carboxylic acids is 1. The van der Waals surface area contributed by atoms with Crippen LogP contribution in [0.4, 0.5) is 13.2 Å². The van der Waals surface area contributed by atoms with E-state index in [9.17, 15) is 22.8 Å². The topological polar surface area (TPSA) is 66.8 Å². The number of carbonyl (C=O) groups is 2. The monoisotopic (exact) mass is 359 g/mol. The summed E-state index contributed by atoms with van der Waals surface area (Å²) in [7, 11) is 0. The molecule has 25 heavy (non-hydrogen) atoms. The zero-order valence-corrected chi connectivity index (χ0v) is 13.6. The Morgan fingerprint density at radius 3 is 2.40 bits per heavy atom. The SMILES string of the molecule is O=C(O)CN(Cc1ccc(C(F)(F)F)cc1)C(=O)CC1CCCCO1. The van der Waals surface area contributed by atoms with Crippen LogP contribution >= 0.6 is 0 Å². The van der Waals surface area contributed by atoms with Crippen molar-refractivity contribution in [3.05, 3.63) is 35.4 Å². The van der Waals surface area contributed by atoms with Crippen molar-refractivity contribution >= 4 is 11.9 Å². The molecule has 1 aromatic rings. The number of rotatable bonds is 6. The Morgan fingerprint density at radius 1 is 1.20 bits per heavy atom. The summed E-state index contributed by atoms with van der Waals surface area (Å²) in [6.45, 7) is 0.0122. The van der Waals surface area contributed by atoms with Gasteiger partial charge in [-0.05, 0) is 37.0 Å². The second kappa shape index (κ2) is 8.33. The first-order valence-electron chi connectivity index (χ1n) is 8.03. The lowest BCUT2D eigenvalue weighted by Gasteiger charge is -2.26. The van der Waals surface area contributed by atoms with E-state index in [1.54, 1.807) is 0 Å². The third-order valence-corrected chi connectivity index (χ3v) is 4.01. The van der Waals surface area contributed by atoms with E-state index in [-0.39, 0.29) is 25.0 Å². The molecule has 0 bridgehead atoms. The summed E-state index contributed by atoms with van der Waals surface area (Å²) in [6, 6.07) is 4.34. The average molecular weight is 359 g/mol. The van der Waals surface area contributed by atoms with Crippen LogP contribution in [0.5, 0.6) is 0 Å². The van der Waals surface area contributed by atoms with Crippen molar-refractivity contribution in [2.75, 3.05) is 13.2 Å². The maximum Gasteiger partial charge on any atom is 0.416 e. The number of hydrogen-bond acceptors (Lipinski definition) is 3. The summed E-state index contributed by atoms with van der Waals surface area (Å²) in [6.07, 6.45) is -1.95.